The first-order valence-electron chi connectivity index (χ1n) is 5.24. The first kappa shape index (κ1) is 13.6. The number of amides is 1. The van der Waals surface area contributed by atoms with Gasteiger partial charge < -0.3 is 10.8 Å². The second-order valence-electron chi connectivity index (χ2n) is 3.61. The molecule has 5 heteroatoms. The summed E-state index contributed by atoms with van der Waals surface area (Å²) in [6.45, 7) is 1.79. The lowest BCUT2D eigenvalue weighted by Crippen LogP contribution is -2.33. The van der Waals surface area contributed by atoms with E-state index in [-0.39, 0.29) is 5.75 Å². The Kier molecular flexibility index (Phi) is 4.57. The van der Waals surface area contributed by atoms with Crippen LogP contribution < -0.4 is 5.73 Å². The van der Waals surface area contributed by atoms with E-state index < -0.39 is 16.6 Å². The molecule has 17 heavy (non-hydrogen) atoms. The standard InChI is InChI=1S/C12H15NO3S/c1-2-12(11(15)16,17-8-10(13)14)9-6-4-3-5-7-9/h3-7H,2,8H2,1H3,(H2,13,14)(H,15,16)/t12-/m1/s1. The maximum absolute atomic E-state index is 11.5. The summed E-state index contributed by atoms with van der Waals surface area (Å²) >= 11 is 1.06. The Labute approximate surface area is 104 Å². The van der Waals surface area contributed by atoms with E-state index in [0.29, 0.717) is 12.0 Å². The first-order chi connectivity index (χ1) is 8.03. The van der Waals surface area contributed by atoms with Crippen molar-refractivity contribution in [1.29, 1.82) is 0 Å². The van der Waals surface area contributed by atoms with E-state index >= 15 is 0 Å². The average Bonchev–Trinajstić information content (AvgIpc) is 2.31. The molecule has 0 aromatic heterocycles. The number of nitrogens with two attached hydrogens (primary N) is 1. The van der Waals surface area contributed by atoms with E-state index in [1.54, 1.807) is 31.2 Å². The number of hydrogen-bond donors (Lipinski definition) is 2. The fourth-order valence-electron chi connectivity index (χ4n) is 1.63. The Bertz CT molecular complexity index is 407. The van der Waals surface area contributed by atoms with Gasteiger partial charge in [-0.05, 0) is 12.0 Å². The number of carbonyl (C=O) groups is 2. The normalized spacial score (nSPS) is 13.9. The van der Waals surface area contributed by atoms with Crippen molar-refractivity contribution in [3.63, 3.8) is 0 Å². The van der Waals surface area contributed by atoms with Crippen molar-refractivity contribution in [3.05, 3.63) is 35.9 Å². The zero-order valence-electron chi connectivity index (χ0n) is 9.55. The number of carbonyl (C=O) groups excluding carboxylic acids is 1. The molecule has 92 valence electrons. The zero-order valence-corrected chi connectivity index (χ0v) is 10.4. The fourth-order valence-corrected chi connectivity index (χ4v) is 2.65. The van der Waals surface area contributed by atoms with E-state index in [0.717, 1.165) is 11.8 Å². The Balaban J connectivity index is 3.09. The minimum atomic E-state index is -1.10. The summed E-state index contributed by atoms with van der Waals surface area (Å²) in [4.78, 5) is 22.3. The molecule has 0 bridgehead atoms. The fraction of sp³-hybridized carbons (Fsp3) is 0.333. The van der Waals surface area contributed by atoms with Crippen molar-refractivity contribution in [2.75, 3.05) is 5.75 Å². The highest BCUT2D eigenvalue weighted by molar-refractivity contribution is 8.01. The summed E-state index contributed by atoms with van der Waals surface area (Å²) in [6.07, 6.45) is 0.393. The lowest BCUT2D eigenvalue weighted by atomic mass is 9.95. The Hall–Kier alpha value is -1.49. The summed E-state index contributed by atoms with van der Waals surface area (Å²) in [6, 6.07) is 8.91. The van der Waals surface area contributed by atoms with E-state index in [9.17, 15) is 14.7 Å². The van der Waals surface area contributed by atoms with E-state index in [4.69, 9.17) is 5.73 Å². The third-order valence-corrected chi connectivity index (χ3v) is 4.16. The number of benzene rings is 1. The first-order valence-corrected chi connectivity index (χ1v) is 6.22. The van der Waals surface area contributed by atoms with E-state index in [1.807, 2.05) is 6.07 Å². The van der Waals surface area contributed by atoms with E-state index in [2.05, 4.69) is 0 Å². The predicted octanol–water partition coefficient (Wildman–Crippen LogP) is 1.59. The van der Waals surface area contributed by atoms with Crippen molar-refractivity contribution in [2.24, 2.45) is 5.73 Å². The van der Waals surface area contributed by atoms with Gasteiger partial charge in [-0.1, -0.05) is 37.3 Å². The highest BCUT2D eigenvalue weighted by Gasteiger charge is 2.39. The van der Waals surface area contributed by atoms with Crippen LogP contribution in [0.2, 0.25) is 0 Å². The molecule has 1 aromatic carbocycles. The van der Waals surface area contributed by atoms with Crippen LogP contribution in [-0.2, 0) is 14.3 Å². The quantitative estimate of drug-likeness (QED) is 0.806. The second kappa shape index (κ2) is 5.72. The van der Waals surface area contributed by atoms with Crippen molar-refractivity contribution >= 4 is 23.6 Å². The molecule has 0 spiro atoms. The van der Waals surface area contributed by atoms with Gasteiger partial charge in [-0.15, -0.1) is 11.8 Å². The molecule has 0 aliphatic rings. The summed E-state index contributed by atoms with van der Waals surface area (Å²) in [5.74, 6) is -1.46. The highest BCUT2D eigenvalue weighted by atomic mass is 32.2. The molecule has 0 heterocycles. The molecule has 1 amide bonds. The van der Waals surface area contributed by atoms with Crippen LogP contribution in [0.3, 0.4) is 0 Å². The van der Waals surface area contributed by atoms with Gasteiger partial charge >= 0.3 is 5.97 Å². The maximum atomic E-state index is 11.5. The maximum Gasteiger partial charge on any atom is 0.324 e. The van der Waals surface area contributed by atoms with Crippen LogP contribution in [-0.4, -0.2) is 22.7 Å². The molecule has 1 rings (SSSR count). The highest BCUT2D eigenvalue weighted by Crippen LogP contribution is 2.39. The second-order valence-corrected chi connectivity index (χ2v) is 4.88. The molecule has 4 nitrogen and oxygen atoms in total. The van der Waals surface area contributed by atoms with Gasteiger partial charge in [0, 0.05) is 0 Å². The summed E-state index contributed by atoms with van der Waals surface area (Å²) in [5, 5.41) is 9.42. The third-order valence-electron chi connectivity index (χ3n) is 2.54. The molecule has 0 radical (unpaired) electrons. The van der Waals surface area contributed by atoms with Crippen molar-refractivity contribution in [3.8, 4) is 0 Å². The molecule has 1 atom stereocenters. The van der Waals surface area contributed by atoms with Crippen molar-refractivity contribution < 1.29 is 14.7 Å². The molecule has 0 unspecified atom stereocenters. The number of carboxylic acids is 1. The molecule has 1 aromatic rings. The predicted molar refractivity (Wildman–Crippen MR) is 67.7 cm³/mol. The van der Waals surface area contributed by atoms with Crippen molar-refractivity contribution in [1.82, 2.24) is 0 Å². The minimum absolute atomic E-state index is 0.00493. The summed E-state index contributed by atoms with van der Waals surface area (Å²) < 4.78 is -1.10. The SMILES string of the molecule is CC[C@](SCC(N)=O)(C(=O)O)c1ccccc1. The molecular formula is C12H15NO3S. The van der Waals surface area contributed by atoms with Crippen LogP contribution in [0.5, 0.6) is 0 Å². The van der Waals surface area contributed by atoms with Crippen LogP contribution in [0.25, 0.3) is 0 Å². The van der Waals surface area contributed by atoms with Gasteiger partial charge in [-0.25, -0.2) is 0 Å². The number of primary amides is 1. The number of carboxylic acid groups (broad SMARTS) is 1. The monoisotopic (exact) mass is 253 g/mol. The van der Waals surface area contributed by atoms with Crippen LogP contribution in [0.15, 0.2) is 30.3 Å². The lowest BCUT2D eigenvalue weighted by molar-refractivity contribution is -0.140. The Morgan fingerprint density at radius 1 is 1.35 bits per heavy atom. The number of hydrogen-bond acceptors (Lipinski definition) is 3. The van der Waals surface area contributed by atoms with Gasteiger partial charge in [-0.2, -0.15) is 0 Å². The molecule has 0 aliphatic heterocycles. The van der Waals surface area contributed by atoms with Gasteiger partial charge in [0.05, 0.1) is 5.75 Å². The Morgan fingerprint density at radius 3 is 2.35 bits per heavy atom. The number of thioether (sulfide) groups is 1. The molecule has 0 saturated carbocycles. The van der Waals surface area contributed by atoms with Gasteiger partial charge in [0.25, 0.3) is 0 Å². The summed E-state index contributed by atoms with van der Waals surface area (Å²) in [5.41, 5.74) is 5.76. The smallest absolute Gasteiger partial charge is 0.324 e. The van der Waals surface area contributed by atoms with Gasteiger partial charge in [0.1, 0.15) is 4.75 Å². The number of rotatable bonds is 6. The molecule has 0 aliphatic carbocycles. The molecule has 0 saturated heterocycles. The van der Waals surface area contributed by atoms with Gasteiger partial charge in [0.2, 0.25) is 5.91 Å². The topological polar surface area (TPSA) is 80.4 Å². The lowest BCUT2D eigenvalue weighted by Gasteiger charge is -2.27. The van der Waals surface area contributed by atoms with Crippen LogP contribution in [0.4, 0.5) is 0 Å². The zero-order chi connectivity index (χ0) is 12.9. The van der Waals surface area contributed by atoms with Gasteiger partial charge in [-0.3, -0.25) is 9.59 Å². The van der Waals surface area contributed by atoms with Crippen LogP contribution in [0.1, 0.15) is 18.9 Å². The molecule has 3 N–H and O–H groups in total. The number of aliphatic carboxylic acids is 1. The average molecular weight is 253 g/mol. The Morgan fingerprint density at radius 2 is 1.94 bits per heavy atom. The van der Waals surface area contributed by atoms with Gasteiger partial charge in [0.15, 0.2) is 0 Å². The minimum Gasteiger partial charge on any atom is -0.480 e. The van der Waals surface area contributed by atoms with Crippen LogP contribution >= 0.6 is 11.8 Å². The largest absolute Gasteiger partial charge is 0.480 e. The summed E-state index contributed by atoms with van der Waals surface area (Å²) in [7, 11) is 0. The van der Waals surface area contributed by atoms with Crippen molar-refractivity contribution in [2.45, 2.75) is 18.1 Å². The molecular weight excluding hydrogens is 238 g/mol. The van der Waals surface area contributed by atoms with E-state index in [1.165, 1.54) is 0 Å². The molecule has 0 fully saturated rings. The van der Waals surface area contributed by atoms with Crippen LogP contribution in [0, 0.1) is 0 Å². The third kappa shape index (κ3) is 3.00.